The summed E-state index contributed by atoms with van der Waals surface area (Å²) in [6, 6.07) is 9.42. The molecule has 1 saturated carbocycles. The predicted molar refractivity (Wildman–Crippen MR) is 109 cm³/mol. The van der Waals surface area contributed by atoms with Crippen LogP contribution in [-0.2, 0) is 10.3 Å². The number of carbonyl (C=O) groups is 1. The minimum absolute atomic E-state index is 0.000746. The van der Waals surface area contributed by atoms with E-state index in [1.54, 1.807) is 6.07 Å². The average Bonchev–Trinajstić information content (AvgIpc) is 2.75. The molecule has 8 heteroatoms. The van der Waals surface area contributed by atoms with Gasteiger partial charge in [0, 0.05) is 23.4 Å². The van der Waals surface area contributed by atoms with Gasteiger partial charge in [-0.3, -0.25) is 4.79 Å². The van der Waals surface area contributed by atoms with Crippen LogP contribution in [0.3, 0.4) is 0 Å². The number of rotatable bonds is 3. The molecule has 3 atom stereocenters. The van der Waals surface area contributed by atoms with Crippen LogP contribution in [0.25, 0.3) is 0 Å². The van der Waals surface area contributed by atoms with Gasteiger partial charge in [-0.15, -0.1) is 0 Å². The molecule has 0 spiro atoms. The molecule has 1 amide bonds. The highest BCUT2D eigenvalue weighted by Crippen LogP contribution is 2.46. The molecule has 1 aliphatic heterocycles. The minimum atomic E-state index is -0.884. The predicted octanol–water partition coefficient (Wildman–Crippen LogP) is 3.46. The van der Waals surface area contributed by atoms with Crippen LogP contribution in [0, 0.1) is 23.1 Å². The van der Waals surface area contributed by atoms with Gasteiger partial charge in [0.05, 0.1) is 11.1 Å². The van der Waals surface area contributed by atoms with Crippen LogP contribution in [0.4, 0.5) is 10.1 Å². The Labute approximate surface area is 173 Å². The zero-order chi connectivity index (χ0) is 21.3. The number of carbonyl (C=O) groups excluding carboxylic acids is 1. The molecule has 154 valence electrons. The number of benzene rings is 1. The largest absolute Gasteiger partial charge is 0.462 e. The van der Waals surface area contributed by atoms with Crippen LogP contribution in [0.15, 0.2) is 41.5 Å². The van der Waals surface area contributed by atoms with Gasteiger partial charge in [0.2, 0.25) is 0 Å². The second-order valence-corrected chi connectivity index (χ2v) is 7.84. The first-order valence-corrected chi connectivity index (χ1v) is 9.90. The van der Waals surface area contributed by atoms with Crippen molar-refractivity contribution in [2.24, 2.45) is 16.6 Å². The van der Waals surface area contributed by atoms with Crippen molar-refractivity contribution in [3.8, 4) is 6.07 Å². The Balaban J connectivity index is 1.65. The number of amides is 1. The summed E-state index contributed by atoms with van der Waals surface area (Å²) in [6.07, 6.45) is 5.02. The summed E-state index contributed by atoms with van der Waals surface area (Å²) in [6.45, 7) is 1.87. The Morgan fingerprint density at radius 2 is 2.13 bits per heavy atom. The molecule has 0 radical (unpaired) electrons. The van der Waals surface area contributed by atoms with E-state index in [-0.39, 0.29) is 23.7 Å². The molecule has 3 N–H and O–H groups in total. The van der Waals surface area contributed by atoms with Crippen LogP contribution in [0.1, 0.15) is 54.2 Å². The summed E-state index contributed by atoms with van der Waals surface area (Å²) in [5.74, 6) is -0.860. The average molecular weight is 407 g/mol. The molecular formula is C22H22FN5O2. The number of hydrogen-bond donors (Lipinski definition) is 2. The van der Waals surface area contributed by atoms with E-state index < -0.39 is 17.3 Å². The fraction of sp³-hybridized carbons (Fsp3) is 0.364. The van der Waals surface area contributed by atoms with Crippen molar-refractivity contribution in [1.82, 2.24) is 4.98 Å². The normalized spacial score (nSPS) is 25.3. The number of nitrogens with two attached hydrogens (primary N) is 1. The molecule has 1 fully saturated rings. The molecule has 3 unspecified atom stereocenters. The molecule has 30 heavy (non-hydrogen) atoms. The first-order valence-electron chi connectivity index (χ1n) is 9.90. The monoisotopic (exact) mass is 407 g/mol. The standard InChI is InChI=1S/C22H22FN5O2/c1-22(15-4-2-3-5-19(15)30-21(25)28-22)16-10-14(7-8-17(16)23)27-20(29)18-9-6-13(11-24)12-26-18/h6-10,12,15,19H,2-5H2,1H3,(H2,25,28)(H,27,29). The summed E-state index contributed by atoms with van der Waals surface area (Å²) in [7, 11) is 0. The maximum Gasteiger partial charge on any atom is 0.283 e. The number of pyridine rings is 1. The van der Waals surface area contributed by atoms with Crippen molar-refractivity contribution < 1.29 is 13.9 Å². The number of halogens is 1. The Morgan fingerprint density at radius 3 is 2.87 bits per heavy atom. The summed E-state index contributed by atoms with van der Waals surface area (Å²) < 4.78 is 20.6. The smallest absolute Gasteiger partial charge is 0.283 e. The molecule has 1 aliphatic carbocycles. The van der Waals surface area contributed by atoms with E-state index in [1.807, 2.05) is 13.0 Å². The van der Waals surface area contributed by atoms with E-state index in [9.17, 15) is 9.18 Å². The summed E-state index contributed by atoms with van der Waals surface area (Å²) >= 11 is 0. The molecule has 0 bridgehead atoms. The van der Waals surface area contributed by atoms with Crippen molar-refractivity contribution >= 4 is 17.6 Å². The van der Waals surface area contributed by atoms with Gasteiger partial charge in [-0.05, 0) is 56.5 Å². The number of aromatic nitrogens is 1. The topological polar surface area (TPSA) is 113 Å². The van der Waals surface area contributed by atoms with E-state index in [0.29, 0.717) is 16.8 Å². The van der Waals surface area contributed by atoms with Crippen LogP contribution in [0.2, 0.25) is 0 Å². The Kier molecular flexibility index (Phi) is 5.12. The van der Waals surface area contributed by atoms with Gasteiger partial charge in [0.1, 0.15) is 23.7 Å². The van der Waals surface area contributed by atoms with Crippen LogP contribution < -0.4 is 11.1 Å². The number of amidine groups is 1. The molecule has 1 aromatic carbocycles. The summed E-state index contributed by atoms with van der Waals surface area (Å²) in [5, 5.41) is 11.6. The summed E-state index contributed by atoms with van der Waals surface area (Å²) in [5.41, 5.74) is 6.36. The molecule has 7 nitrogen and oxygen atoms in total. The first-order chi connectivity index (χ1) is 14.4. The fourth-order valence-electron chi connectivity index (χ4n) is 4.41. The maximum absolute atomic E-state index is 14.9. The number of nitrogens with one attached hydrogen (secondary N) is 1. The van der Waals surface area contributed by atoms with Gasteiger partial charge < -0.3 is 15.8 Å². The lowest BCUT2D eigenvalue weighted by molar-refractivity contribution is 0.0147. The van der Waals surface area contributed by atoms with Crippen LogP contribution in [0.5, 0.6) is 0 Å². The molecule has 4 rings (SSSR count). The van der Waals surface area contributed by atoms with E-state index in [0.717, 1.165) is 25.7 Å². The third-order valence-corrected chi connectivity index (χ3v) is 5.93. The van der Waals surface area contributed by atoms with Crippen LogP contribution in [-0.4, -0.2) is 23.0 Å². The minimum Gasteiger partial charge on any atom is -0.462 e. The van der Waals surface area contributed by atoms with E-state index in [4.69, 9.17) is 15.7 Å². The van der Waals surface area contributed by atoms with E-state index in [1.165, 1.54) is 30.5 Å². The number of hydrogen-bond acceptors (Lipinski definition) is 6. The molecule has 2 heterocycles. The zero-order valence-electron chi connectivity index (χ0n) is 16.6. The van der Waals surface area contributed by atoms with Crippen molar-refractivity contribution in [1.29, 1.82) is 5.26 Å². The number of nitrogens with zero attached hydrogens (tertiary/aromatic N) is 3. The van der Waals surface area contributed by atoms with Gasteiger partial charge in [-0.1, -0.05) is 6.42 Å². The lowest BCUT2D eigenvalue weighted by atomic mass is 9.70. The van der Waals surface area contributed by atoms with Crippen molar-refractivity contribution in [3.05, 3.63) is 59.2 Å². The highest BCUT2D eigenvalue weighted by atomic mass is 19.1. The Hall–Kier alpha value is -3.47. The Morgan fingerprint density at radius 1 is 1.33 bits per heavy atom. The van der Waals surface area contributed by atoms with E-state index >= 15 is 0 Å². The number of anilines is 1. The molecule has 1 aromatic heterocycles. The second-order valence-electron chi connectivity index (χ2n) is 7.84. The third-order valence-electron chi connectivity index (χ3n) is 5.93. The maximum atomic E-state index is 14.9. The van der Waals surface area contributed by atoms with Gasteiger partial charge in [-0.2, -0.15) is 5.26 Å². The van der Waals surface area contributed by atoms with E-state index in [2.05, 4.69) is 15.3 Å². The third kappa shape index (κ3) is 3.59. The molecular weight excluding hydrogens is 385 g/mol. The van der Waals surface area contributed by atoms with Crippen molar-refractivity contribution in [2.75, 3.05) is 5.32 Å². The lowest BCUT2D eigenvalue weighted by Crippen LogP contribution is -2.49. The summed E-state index contributed by atoms with van der Waals surface area (Å²) in [4.78, 5) is 21.0. The highest BCUT2D eigenvalue weighted by Gasteiger charge is 2.47. The van der Waals surface area contributed by atoms with Crippen molar-refractivity contribution in [3.63, 3.8) is 0 Å². The zero-order valence-corrected chi connectivity index (χ0v) is 16.6. The number of nitriles is 1. The molecule has 2 aromatic rings. The van der Waals surface area contributed by atoms with Gasteiger partial charge >= 0.3 is 0 Å². The quantitative estimate of drug-likeness (QED) is 0.809. The van der Waals surface area contributed by atoms with Gasteiger partial charge in [-0.25, -0.2) is 14.4 Å². The van der Waals surface area contributed by atoms with Crippen molar-refractivity contribution in [2.45, 2.75) is 44.2 Å². The fourth-order valence-corrected chi connectivity index (χ4v) is 4.41. The second kappa shape index (κ2) is 7.75. The van der Waals surface area contributed by atoms with Gasteiger partial charge in [0.25, 0.3) is 11.9 Å². The molecule has 2 aliphatic rings. The number of aliphatic imine (C=N–C) groups is 1. The molecule has 0 saturated heterocycles. The highest BCUT2D eigenvalue weighted by molar-refractivity contribution is 6.02. The SMILES string of the molecule is CC1(c2cc(NC(=O)c3ccc(C#N)cn3)ccc2F)N=C(N)OC2CCCCC21. The number of fused-ring (bicyclic) bond motifs is 1. The van der Waals surface area contributed by atoms with Crippen LogP contribution >= 0.6 is 0 Å². The first kappa shape index (κ1) is 19.8. The number of ether oxygens (including phenoxy) is 1. The van der Waals surface area contributed by atoms with Gasteiger partial charge in [0.15, 0.2) is 0 Å². The lowest BCUT2D eigenvalue weighted by Gasteiger charge is -2.45. The Bertz CT molecular complexity index is 1050.